The molecule has 9 nitrogen and oxygen atoms in total. The molecule has 1 fully saturated rings. The minimum atomic E-state index is -0.563. The number of carbonyl (C=O) groups excluding carboxylic acids is 1. The molecule has 2 rings (SSSR count). The van der Waals surface area contributed by atoms with Gasteiger partial charge >= 0.3 is 11.8 Å². The molecule has 1 amide bonds. The van der Waals surface area contributed by atoms with E-state index in [-0.39, 0.29) is 17.8 Å². The lowest BCUT2D eigenvalue weighted by Crippen LogP contribution is -2.53. The summed E-state index contributed by atoms with van der Waals surface area (Å²) in [5.41, 5.74) is -0.252. The van der Waals surface area contributed by atoms with E-state index < -0.39 is 16.6 Å². The standard InChI is InChI=1S/C16H24BrN5O4/c1-16(2,3)26-15(23)20-11-5-10(8-21(4)9-11)19-12-6-14(17)18-7-13(12)22(24)25/h6-7,10-11H,5,8-9H2,1-4H3,(H,18,19)(H,20,23). The van der Waals surface area contributed by atoms with E-state index in [1.807, 2.05) is 27.8 Å². The van der Waals surface area contributed by atoms with Crippen LogP contribution in [0.2, 0.25) is 0 Å². The monoisotopic (exact) mass is 429 g/mol. The van der Waals surface area contributed by atoms with Gasteiger partial charge in [0, 0.05) is 31.2 Å². The van der Waals surface area contributed by atoms with E-state index in [1.54, 1.807) is 6.07 Å². The van der Waals surface area contributed by atoms with Gasteiger partial charge in [-0.3, -0.25) is 10.1 Å². The predicted molar refractivity (Wildman–Crippen MR) is 101 cm³/mol. The number of hydrogen-bond acceptors (Lipinski definition) is 7. The zero-order valence-corrected chi connectivity index (χ0v) is 16.9. The van der Waals surface area contributed by atoms with E-state index in [4.69, 9.17) is 4.74 Å². The van der Waals surface area contributed by atoms with Crippen LogP contribution in [0.15, 0.2) is 16.9 Å². The Bertz CT molecular complexity index is 679. The highest BCUT2D eigenvalue weighted by Crippen LogP contribution is 2.28. The molecule has 0 spiro atoms. The third kappa shape index (κ3) is 6.10. The molecule has 0 bridgehead atoms. The lowest BCUT2D eigenvalue weighted by molar-refractivity contribution is -0.384. The largest absolute Gasteiger partial charge is 0.444 e. The van der Waals surface area contributed by atoms with Crippen LogP contribution in [0.5, 0.6) is 0 Å². The maximum Gasteiger partial charge on any atom is 0.407 e. The lowest BCUT2D eigenvalue weighted by atomic mass is 10.0. The summed E-state index contributed by atoms with van der Waals surface area (Å²) in [6.45, 7) is 6.81. The number of hydrogen-bond donors (Lipinski definition) is 2. The van der Waals surface area contributed by atoms with Crippen LogP contribution in [0.3, 0.4) is 0 Å². The van der Waals surface area contributed by atoms with Crippen molar-refractivity contribution in [3.63, 3.8) is 0 Å². The Labute approximate surface area is 160 Å². The second-order valence-electron chi connectivity index (χ2n) is 7.42. The summed E-state index contributed by atoms with van der Waals surface area (Å²) in [7, 11) is 1.94. The molecule has 1 aromatic rings. The molecule has 2 unspecified atom stereocenters. The molecule has 0 saturated carbocycles. The van der Waals surface area contributed by atoms with Gasteiger partial charge in [-0.05, 0) is 50.2 Å². The molecule has 0 aliphatic carbocycles. The smallest absolute Gasteiger partial charge is 0.407 e. The topological polar surface area (TPSA) is 110 Å². The summed E-state index contributed by atoms with van der Waals surface area (Å²) in [5.74, 6) is 0. The molecule has 0 radical (unpaired) electrons. The highest BCUT2D eigenvalue weighted by molar-refractivity contribution is 9.10. The fraction of sp³-hybridized carbons (Fsp3) is 0.625. The van der Waals surface area contributed by atoms with Gasteiger partial charge in [0.15, 0.2) is 0 Å². The Hall–Kier alpha value is -1.94. The number of nitrogens with zero attached hydrogens (tertiary/aromatic N) is 3. The SMILES string of the molecule is CN1CC(NC(=O)OC(C)(C)C)CC(Nc2cc(Br)ncc2[N+](=O)[O-])C1. The van der Waals surface area contributed by atoms with Gasteiger partial charge in [0.2, 0.25) is 0 Å². The first kappa shape index (κ1) is 20.4. The van der Waals surface area contributed by atoms with Crippen molar-refractivity contribution in [3.05, 3.63) is 27.0 Å². The summed E-state index contributed by atoms with van der Waals surface area (Å²) < 4.78 is 5.81. The number of ether oxygens (including phenoxy) is 1. The number of nitro groups is 1. The number of amides is 1. The number of alkyl carbamates (subject to hydrolysis) is 1. The van der Waals surface area contributed by atoms with Crippen LogP contribution in [-0.2, 0) is 4.74 Å². The maximum absolute atomic E-state index is 12.0. The van der Waals surface area contributed by atoms with Gasteiger partial charge < -0.3 is 20.3 Å². The van der Waals surface area contributed by atoms with Crippen molar-refractivity contribution in [1.29, 1.82) is 0 Å². The minimum Gasteiger partial charge on any atom is -0.444 e. The van der Waals surface area contributed by atoms with E-state index >= 15 is 0 Å². The van der Waals surface area contributed by atoms with E-state index in [0.717, 1.165) is 0 Å². The molecule has 1 aromatic heterocycles. The fourth-order valence-electron chi connectivity index (χ4n) is 2.91. The van der Waals surface area contributed by atoms with Gasteiger partial charge in [0.1, 0.15) is 22.1 Å². The zero-order valence-electron chi connectivity index (χ0n) is 15.3. The molecule has 0 aromatic carbocycles. The van der Waals surface area contributed by atoms with Crippen molar-refractivity contribution in [2.45, 2.75) is 44.9 Å². The van der Waals surface area contributed by atoms with Crippen molar-refractivity contribution in [1.82, 2.24) is 15.2 Å². The van der Waals surface area contributed by atoms with Crippen LogP contribution in [-0.4, -0.2) is 58.7 Å². The van der Waals surface area contributed by atoms with Crippen molar-refractivity contribution in [2.75, 3.05) is 25.5 Å². The number of pyridine rings is 1. The normalized spacial score (nSPS) is 21.1. The summed E-state index contributed by atoms with van der Waals surface area (Å²) in [6, 6.07) is 1.40. The quantitative estimate of drug-likeness (QED) is 0.430. The molecule has 2 heterocycles. The first-order valence-electron chi connectivity index (χ1n) is 8.28. The Morgan fingerprint density at radius 2 is 2.08 bits per heavy atom. The van der Waals surface area contributed by atoms with Crippen LogP contribution in [0, 0.1) is 10.1 Å². The molecular weight excluding hydrogens is 406 g/mol. The van der Waals surface area contributed by atoms with Crippen LogP contribution in [0.4, 0.5) is 16.2 Å². The average molecular weight is 430 g/mol. The highest BCUT2D eigenvalue weighted by atomic mass is 79.9. The van der Waals surface area contributed by atoms with E-state index in [2.05, 4.69) is 36.4 Å². The number of anilines is 1. The number of piperidine rings is 1. The van der Waals surface area contributed by atoms with Crippen molar-refractivity contribution in [3.8, 4) is 0 Å². The lowest BCUT2D eigenvalue weighted by Gasteiger charge is -2.36. The second kappa shape index (κ2) is 8.17. The average Bonchev–Trinajstić information content (AvgIpc) is 2.43. The van der Waals surface area contributed by atoms with Crippen molar-refractivity contribution in [2.24, 2.45) is 0 Å². The van der Waals surface area contributed by atoms with Crippen LogP contribution in [0.1, 0.15) is 27.2 Å². The van der Waals surface area contributed by atoms with E-state index in [0.29, 0.717) is 29.8 Å². The summed E-state index contributed by atoms with van der Waals surface area (Å²) >= 11 is 3.24. The molecule has 144 valence electrons. The summed E-state index contributed by atoms with van der Waals surface area (Å²) in [4.78, 5) is 28.7. The molecule has 1 saturated heterocycles. The summed E-state index contributed by atoms with van der Waals surface area (Å²) in [6.07, 6.45) is 1.38. The second-order valence-corrected chi connectivity index (χ2v) is 8.24. The number of likely N-dealkylation sites (tertiary alicyclic amines) is 1. The van der Waals surface area contributed by atoms with E-state index in [1.165, 1.54) is 6.20 Å². The Morgan fingerprint density at radius 1 is 1.42 bits per heavy atom. The number of halogens is 1. The number of aromatic nitrogens is 1. The van der Waals surface area contributed by atoms with Crippen LogP contribution < -0.4 is 10.6 Å². The molecule has 1 aliphatic rings. The third-order valence-electron chi connectivity index (χ3n) is 3.76. The number of carbonyl (C=O) groups is 1. The Kier molecular flexibility index (Phi) is 6.40. The van der Waals surface area contributed by atoms with Gasteiger partial charge in [-0.2, -0.15) is 0 Å². The number of rotatable bonds is 4. The van der Waals surface area contributed by atoms with Crippen molar-refractivity contribution < 1.29 is 14.5 Å². The third-order valence-corrected chi connectivity index (χ3v) is 4.19. The zero-order chi connectivity index (χ0) is 19.5. The van der Waals surface area contributed by atoms with Crippen LogP contribution >= 0.6 is 15.9 Å². The minimum absolute atomic E-state index is 0.0679. The molecular formula is C16H24BrN5O4. The number of likely N-dealkylation sites (N-methyl/N-ethyl adjacent to an activating group) is 1. The van der Waals surface area contributed by atoms with E-state index in [9.17, 15) is 14.9 Å². The van der Waals surface area contributed by atoms with Gasteiger partial charge in [-0.1, -0.05) is 0 Å². The fourth-order valence-corrected chi connectivity index (χ4v) is 3.24. The van der Waals surface area contributed by atoms with Gasteiger partial charge in [0.25, 0.3) is 0 Å². The molecule has 2 N–H and O–H groups in total. The molecule has 26 heavy (non-hydrogen) atoms. The summed E-state index contributed by atoms with van der Waals surface area (Å²) in [5, 5.41) is 17.3. The van der Waals surface area contributed by atoms with Gasteiger partial charge in [0.05, 0.1) is 4.92 Å². The highest BCUT2D eigenvalue weighted by Gasteiger charge is 2.29. The first-order valence-corrected chi connectivity index (χ1v) is 9.07. The molecule has 1 aliphatic heterocycles. The van der Waals surface area contributed by atoms with Crippen LogP contribution in [0.25, 0.3) is 0 Å². The van der Waals surface area contributed by atoms with Crippen molar-refractivity contribution >= 4 is 33.4 Å². The van der Waals surface area contributed by atoms with Gasteiger partial charge in [-0.25, -0.2) is 9.78 Å². The first-order chi connectivity index (χ1) is 12.0. The Balaban J connectivity index is 2.05. The Morgan fingerprint density at radius 3 is 2.69 bits per heavy atom. The molecule has 10 heteroatoms. The van der Waals surface area contributed by atoms with Gasteiger partial charge in [-0.15, -0.1) is 0 Å². The predicted octanol–water partition coefficient (Wildman–Crippen LogP) is 2.76. The maximum atomic E-state index is 12.0. The number of nitrogens with one attached hydrogen (secondary N) is 2. The molecule has 2 atom stereocenters.